The van der Waals surface area contributed by atoms with Crippen LogP contribution in [0.3, 0.4) is 0 Å². The molecule has 0 unspecified atom stereocenters. The van der Waals surface area contributed by atoms with Gasteiger partial charge in [-0.25, -0.2) is 0 Å². The lowest BCUT2D eigenvalue weighted by atomic mass is 10.1. The molecular weight excluding hydrogens is 248 g/mol. The minimum absolute atomic E-state index is 0.257. The summed E-state index contributed by atoms with van der Waals surface area (Å²) in [6.45, 7) is 7.12. The van der Waals surface area contributed by atoms with E-state index in [1.165, 1.54) is 31.4 Å². The standard InChI is InChI=1S/C17H30N2O/c1-5-6-7-8-9-12-17(20)19(15(2)3)14-16-11-10-13-18(16)4/h10-11,13,15H,5-9,12,14H2,1-4H3. The van der Waals surface area contributed by atoms with Crippen molar-refractivity contribution < 1.29 is 4.79 Å². The van der Waals surface area contributed by atoms with Crippen molar-refractivity contribution in [3.05, 3.63) is 24.0 Å². The van der Waals surface area contributed by atoms with Crippen molar-refractivity contribution >= 4 is 5.91 Å². The number of aromatic nitrogens is 1. The van der Waals surface area contributed by atoms with Crippen LogP contribution in [0.5, 0.6) is 0 Å². The highest BCUT2D eigenvalue weighted by molar-refractivity contribution is 5.76. The van der Waals surface area contributed by atoms with Crippen LogP contribution in [0.2, 0.25) is 0 Å². The fraction of sp³-hybridized carbons (Fsp3) is 0.706. The van der Waals surface area contributed by atoms with Gasteiger partial charge in [0.15, 0.2) is 0 Å². The van der Waals surface area contributed by atoms with Crippen LogP contribution in [0, 0.1) is 0 Å². The number of aryl methyl sites for hydroxylation is 1. The molecule has 0 aliphatic rings. The first-order valence-corrected chi connectivity index (χ1v) is 7.96. The first-order valence-electron chi connectivity index (χ1n) is 7.96. The van der Waals surface area contributed by atoms with Gasteiger partial charge in [-0.3, -0.25) is 4.79 Å². The summed E-state index contributed by atoms with van der Waals surface area (Å²) in [6, 6.07) is 4.38. The normalized spacial score (nSPS) is 11.1. The molecule has 1 aromatic rings. The van der Waals surface area contributed by atoms with Crippen LogP contribution in [-0.2, 0) is 18.4 Å². The van der Waals surface area contributed by atoms with Crippen LogP contribution >= 0.6 is 0 Å². The molecule has 1 amide bonds. The van der Waals surface area contributed by atoms with Crippen molar-refractivity contribution in [1.29, 1.82) is 0 Å². The molecule has 1 rings (SSSR count). The Morgan fingerprint density at radius 2 is 1.95 bits per heavy atom. The van der Waals surface area contributed by atoms with Crippen LogP contribution in [-0.4, -0.2) is 21.4 Å². The molecule has 0 saturated carbocycles. The van der Waals surface area contributed by atoms with Gasteiger partial charge in [-0.05, 0) is 32.4 Å². The number of nitrogens with zero attached hydrogens (tertiary/aromatic N) is 2. The van der Waals surface area contributed by atoms with E-state index in [-0.39, 0.29) is 11.9 Å². The number of carbonyl (C=O) groups excluding carboxylic acids is 1. The Morgan fingerprint density at radius 1 is 1.25 bits per heavy atom. The third-order valence-corrected chi connectivity index (χ3v) is 3.82. The van der Waals surface area contributed by atoms with Crippen LogP contribution in [0.15, 0.2) is 18.3 Å². The lowest BCUT2D eigenvalue weighted by Gasteiger charge is -2.27. The van der Waals surface area contributed by atoms with E-state index < -0.39 is 0 Å². The maximum absolute atomic E-state index is 12.4. The molecule has 0 aromatic carbocycles. The number of amides is 1. The quantitative estimate of drug-likeness (QED) is 0.624. The molecule has 3 heteroatoms. The Morgan fingerprint density at radius 3 is 2.50 bits per heavy atom. The minimum Gasteiger partial charge on any atom is -0.353 e. The molecule has 114 valence electrons. The molecule has 0 spiro atoms. The topological polar surface area (TPSA) is 25.2 Å². The maximum atomic E-state index is 12.4. The van der Waals surface area contributed by atoms with E-state index in [9.17, 15) is 4.79 Å². The van der Waals surface area contributed by atoms with Gasteiger partial charge < -0.3 is 9.47 Å². The summed E-state index contributed by atoms with van der Waals surface area (Å²) in [7, 11) is 2.03. The highest BCUT2D eigenvalue weighted by Crippen LogP contribution is 2.13. The van der Waals surface area contributed by atoms with E-state index in [0.29, 0.717) is 6.42 Å². The van der Waals surface area contributed by atoms with Crippen LogP contribution < -0.4 is 0 Å². The molecular formula is C17H30N2O. The molecule has 0 aliphatic carbocycles. The molecule has 0 radical (unpaired) electrons. The SMILES string of the molecule is CCCCCCCC(=O)N(Cc1cccn1C)C(C)C. The summed E-state index contributed by atoms with van der Waals surface area (Å²) in [4.78, 5) is 14.4. The van der Waals surface area contributed by atoms with Gasteiger partial charge in [0.1, 0.15) is 0 Å². The fourth-order valence-electron chi connectivity index (χ4n) is 2.42. The van der Waals surface area contributed by atoms with Crippen molar-refractivity contribution in [2.45, 2.75) is 71.9 Å². The van der Waals surface area contributed by atoms with Crippen molar-refractivity contribution in [2.75, 3.05) is 0 Å². The number of carbonyl (C=O) groups is 1. The smallest absolute Gasteiger partial charge is 0.223 e. The second-order valence-corrected chi connectivity index (χ2v) is 5.89. The Balaban J connectivity index is 2.45. The zero-order valence-electron chi connectivity index (χ0n) is 13.6. The van der Waals surface area contributed by atoms with Crippen molar-refractivity contribution in [3.63, 3.8) is 0 Å². The van der Waals surface area contributed by atoms with Gasteiger partial charge in [-0.1, -0.05) is 32.6 Å². The van der Waals surface area contributed by atoms with Crippen LogP contribution in [0.4, 0.5) is 0 Å². The second kappa shape index (κ2) is 8.83. The van der Waals surface area contributed by atoms with E-state index in [2.05, 4.69) is 31.4 Å². The Bertz CT molecular complexity index is 395. The van der Waals surface area contributed by atoms with Gasteiger partial charge >= 0.3 is 0 Å². The van der Waals surface area contributed by atoms with Crippen molar-refractivity contribution in [2.24, 2.45) is 7.05 Å². The highest BCUT2D eigenvalue weighted by Gasteiger charge is 2.17. The predicted molar refractivity (Wildman–Crippen MR) is 84.5 cm³/mol. The van der Waals surface area contributed by atoms with Gasteiger partial charge in [-0.2, -0.15) is 0 Å². The summed E-state index contributed by atoms with van der Waals surface area (Å²) < 4.78 is 2.09. The molecule has 0 aliphatic heterocycles. The van der Waals surface area contributed by atoms with E-state index in [4.69, 9.17) is 0 Å². The zero-order valence-corrected chi connectivity index (χ0v) is 13.6. The van der Waals surface area contributed by atoms with E-state index in [1.54, 1.807) is 0 Å². The van der Waals surface area contributed by atoms with Crippen molar-refractivity contribution in [1.82, 2.24) is 9.47 Å². The Kier molecular flexibility index (Phi) is 7.42. The first kappa shape index (κ1) is 16.8. The second-order valence-electron chi connectivity index (χ2n) is 5.89. The minimum atomic E-state index is 0.257. The summed E-state index contributed by atoms with van der Waals surface area (Å²) in [5.41, 5.74) is 1.19. The first-order chi connectivity index (χ1) is 9.56. The fourth-order valence-corrected chi connectivity index (χ4v) is 2.42. The molecule has 0 fully saturated rings. The average molecular weight is 278 g/mol. The average Bonchev–Trinajstić information content (AvgIpc) is 2.80. The van der Waals surface area contributed by atoms with Gasteiger partial charge in [-0.15, -0.1) is 0 Å². The zero-order chi connectivity index (χ0) is 15.0. The third-order valence-electron chi connectivity index (χ3n) is 3.82. The Labute approximate surface area is 124 Å². The largest absolute Gasteiger partial charge is 0.353 e. The van der Waals surface area contributed by atoms with Gasteiger partial charge in [0, 0.05) is 31.4 Å². The molecule has 0 N–H and O–H groups in total. The molecule has 1 aromatic heterocycles. The number of hydrogen-bond acceptors (Lipinski definition) is 1. The molecule has 1 heterocycles. The van der Waals surface area contributed by atoms with Gasteiger partial charge in [0.2, 0.25) is 5.91 Å². The van der Waals surface area contributed by atoms with Crippen LogP contribution in [0.25, 0.3) is 0 Å². The van der Waals surface area contributed by atoms with E-state index in [0.717, 1.165) is 13.0 Å². The number of unbranched alkanes of at least 4 members (excludes halogenated alkanes) is 4. The molecule has 0 atom stereocenters. The lowest BCUT2D eigenvalue weighted by molar-refractivity contribution is -0.133. The van der Waals surface area contributed by atoms with E-state index in [1.807, 2.05) is 24.2 Å². The maximum Gasteiger partial charge on any atom is 0.223 e. The predicted octanol–water partition coefficient (Wildman–Crippen LogP) is 4.12. The summed E-state index contributed by atoms with van der Waals surface area (Å²) >= 11 is 0. The number of hydrogen-bond donors (Lipinski definition) is 0. The molecule has 0 saturated heterocycles. The monoisotopic (exact) mass is 278 g/mol. The molecule has 3 nitrogen and oxygen atoms in total. The van der Waals surface area contributed by atoms with Gasteiger partial charge in [0.25, 0.3) is 0 Å². The highest BCUT2D eigenvalue weighted by atomic mass is 16.2. The van der Waals surface area contributed by atoms with Crippen LogP contribution in [0.1, 0.15) is 65.0 Å². The lowest BCUT2D eigenvalue weighted by Crippen LogP contribution is -2.36. The third kappa shape index (κ3) is 5.40. The van der Waals surface area contributed by atoms with Gasteiger partial charge in [0.05, 0.1) is 6.54 Å². The summed E-state index contributed by atoms with van der Waals surface area (Å²) in [5.74, 6) is 0.290. The summed E-state index contributed by atoms with van der Waals surface area (Å²) in [6.07, 6.45) is 8.70. The van der Waals surface area contributed by atoms with Crippen molar-refractivity contribution in [3.8, 4) is 0 Å². The molecule has 20 heavy (non-hydrogen) atoms. The van der Waals surface area contributed by atoms with E-state index >= 15 is 0 Å². The molecule has 0 bridgehead atoms. The number of rotatable bonds is 9. The summed E-state index contributed by atoms with van der Waals surface area (Å²) in [5, 5.41) is 0. The Hall–Kier alpha value is -1.25.